The summed E-state index contributed by atoms with van der Waals surface area (Å²) in [5.74, 6) is 4.79. The fourth-order valence-electron chi connectivity index (χ4n) is 4.67. The van der Waals surface area contributed by atoms with Crippen molar-refractivity contribution in [2.24, 2.45) is 0 Å². The average Bonchev–Trinajstić information content (AvgIpc) is 3.16. The van der Waals surface area contributed by atoms with E-state index in [0.29, 0.717) is 118 Å². The molecule has 4 aromatic rings. The second-order valence-corrected chi connectivity index (χ2v) is 13.0. The van der Waals surface area contributed by atoms with Crippen molar-refractivity contribution in [1.29, 1.82) is 0 Å². The number of ether oxygens (including phenoxy) is 8. The summed E-state index contributed by atoms with van der Waals surface area (Å²) < 4.78 is 42.5. The monoisotopic (exact) mass is 813 g/mol. The van der Waals surface area contributed by atoms with Crippen LogP contribution in [0.3, 0.4) is 0 Å². The molecule has 324 valence electrons. The SMILES string of the molecule is CC(C)Oc1cc(N)c(OC(C)C)cc1N.CCCOc1cc(N)c(OCCC)cc1N.CCOc1cc(N)c(OCC)cc1N.COc1cc(N)c(OC)cc1N. The summed E-state index contributed by atoms with van der Waals surface area (Å²) in [6.07, 6.45) is 2.01. The third-order valence-corrected chi connectivity index (χ3v) is 7.26. The Morgan fingerprint density at radius 1 is 0.362 bits per heavy atom. The molecule has 58 heavy (non-hydrogen) atoms. The van der Waals surface area contributed by atoms with Gasteiger partial charge < -0.3 is 83.8 Å². The summed E-state index contributed by atoms with van der Waals surface area (Å²) in [7, 11) is 3.08. The van der Waals surface area contributed by atoms with E-state index in [1.807, 2.05) is 55.4 Å². The van der Waals surface area contributed by atoms with Crippen LogP contribution >= 0.6 is 0 Å². The van der Waals surface area contributed by atoms with Crippen LogP contribution in [0, 0.1) is 0 Å². The van der Waals surface area contributed by atoms with Crippen LogP contribution in [0.15, 0.2) is 48.5 Å². The Balaban J connectivity index is 0.000000389. The van der Waals surface area contributed by atoms with Crippen LogP contribution in [0.2, 0.25) is 0 Å². The van der Waals surface area contributed by atoms with Crippen LogP contribution in [-0.2, 0) is 0 Å². The normalized spacial score (nSPS) is 10.1. The average molecular weight is 813 g/mol. The maximum atomic E-state index is 5.85. The molecule has 0 amide bonds. The van der Waals surface area contributed by atoms with E-state index < -0.39 is 0 Å². The second-order valence-electron chi connectivity index (χ2n) is 13.0. The zero-order valence-corrected chi connectivity index (χ0v) is 35.9. The van der Waals surface area contributed by atoms with Crippen LogP contribution in [0.25, 0.3) is 0 Å². The van der Waals surface area contributed by atoms with Gasteiger partial charge in [0.25, 0.3) is 0 Å². The maximum absolute atomic E-state index is 5.85. The minimum atomic E-state index is 0.0681. The molecule has 0 aromatic heterocycles. The number of rotatable bonds is 16. The number of anilines is 8. The summed E-state index contributed by atoms with van der Waals surface area (Å²) in [4.78, 5) is 0. The van der Waals surface area contributed by atoms with Gasteiger partial charge in [0.2, 0.25) is 0 Å². The van der Waals surface area contributed by atoms with E-state index in [-0.39, 0.29) is 12.2 Å². The number of hydrogen-bond acceptors (Lipinski definition) is 16. The Morgan fingerprint density at radius 3 is 0.828 bits per heavy atom. The molecule has 0 saturated heterocycles. The Labute approximate surface area is 344 Å². The van der Waals surface area contributed by atoms with Crippen LogP contribution in [-0.4, -0.2) is 52.9 Å². The summed E-state index contributed by atoms with van der Waals surface area (Å²) in [5, 5.41) is 0. The van der Waals surface area contributed by atoms with Crippen molar-refractivity contribution in [2.75, 3.05) is 86.5 Å². The van der Waals surface area contributed by atoms with Crippen molar-refractivity contribution < 1.29 is 37.9 Å². The van der Waals surface area contributed by atoms with E-state index in [1.54, 1.807) is 48.5 Å². The second kappa shape index (κ2) is 25.8. The van der Waals surface area contributed by atoms with Crippen molar-refractivity contribution in [3.8, 4) is 46.0 Å². The molecule has 0 spiro atoms. The van der Waals surface area contributed by atoms with Crippen LogP contribution in [0.4, 0.5) is 45.5 Å². The summed E-state index contributed by atoms with van der Waals surface area (Å²) in [5.41, 5.74) is 50.4. The molecular weight excluding hydrogens is 745 g/mol. The molecule has 0 radical (unpaired) electrons. The smallest absolute Gasteiger partial charge is 0.144 e. The molecule has 0 saturated carbocycles. The summed E-state index contributed by atoms with van der Waals surface area (Å²) in [6, 6.07) is 13.5. The van der Waals surface area contributed by atoms with Crippen molar-refractivity contribution in [1.82, 2.24) is 0 Å². The van der Waals surface area contributed by atoms with Gasteiger partial charge in [-0.05, 0) is 54.4 Å². The van der Waals surface area contributed by atoms with Crippen molar-refractivity contribution in [3.63, 3.8) is 0 Å². The summed E-state index contributed by atoms with van der Waals surface area (Å²) >= 11 is 0. The van der Waals surface area contributed by atoms with E-state index in [4.69, 9.17) is 83.8 Å². The van der Waals surface area contributed by atoms with Crippen molar-refractivity contribution >= 4 is 45.5 Å². The van der Waals surface area contributed by atoms with Gasteiger partial charge in [-0.3, -0.25) is 0 Å². The molecule has 4 aromatic carbocycles. The van der Waals surface area contributed by atoms with Gasteiger partial charge in [-0.15, -0.1) is 0 Å². The van der Waals surface area contributed by atoms with Gasteiger partial charge in [0.15, 0.2) is 0 Å². The lowest BCUT2D eigenvalue weighted by molar-refractivity contribution is 0.237. The zero-order valence-electron chi connectivity index (χ0n) is 35.9. The predicted molar refractivity (Wildman–Crippen MR) is 240 cm³/mol. The first-order valence-corrected chi connectivity index (χ1v) is 19.1. The van der Waals surface area contributed by atoms with Crippen molar-refractivity contribution in [3.05, 3.63) is 48.5 Å². The molecule has 4 rings (SSSR count). The van der Waals surface area contributed by atoms with Crippen LogP contribution < -0.4 is 83.8 Å². The lowest BCUT2D eigenvalue weighted by Gasteiger charge is -2.16. The molecule has 16 heteroatoms. The first-order chi connectivity index (χ1) is 27.5. The fourth-order valence-corrected chi connectivity index (χ4v) is 4.67. The number of nitrogens with two attached hydrogens (primary N) is 8. The van der Waals surface area contributed by atoms with Gasteiger partial charge in [-0.25, -0.2) is 0 Å². The van der Waals surface area contributed by atoms with Crippen LogP contribution in [0.1, 0.15) is 68.2 Å². The van der Waals surface area contributed by atoms with E-state index in [0.717, 1.165) is 12.8 Å². The highest BCUT2D eigenvalue weighted by atomic mass is 16.5. The third-order valence-electron chi connectivity index (χ3n) is 7.26. The van der Waals surface area contributed by atoms with Gasteiger partial charge in [0.1, 0.15) is 46.0 Å². The highest BCUT2D eigenvalue weighted by molar-refractivity contribution is 5.70. The fraction of sp³-hybridized carbons (Fsp3) is 0.429. The number of benzene rings is 4. The topological polar surface area (TPSA) is 282 Å². The van der Waals surface area contributed by atoms with Crippen molar-refractivity contribution in [2.45, 2.75) is 80.4 Å². The quantitative estimate of drug-likeness (QED) is 0.0512. The molecule has 16 nitrogen and oxygen atoms in total. The Morgan fingerprint density at radius 2 is 0.586 bits per heavy atom. The molecule has 0 bridgehead atoms. The minimum absolute atomic E-state index is 0.0681. The number of nitrogen functional groups attached to an aromatic ring is 8. The first kappa shape index (κ1) is 49.7. The minimum Gasteiger partial charge on any atom is -0.495 e. The highest BCUT2D eigenvalue weighted by Gasteiger charge is 2.11. The van der Waals surface area contributed by atoms with E-state index in [9.17, 15) is 0 Å². The molecule has 16 N–H and O–H groups in total. The molecule has 0 atom stereocenters. The Hall–Kier alpha value is -6.32. The Bertz CT molecular complexity index is 1690. The molecule has 0 aliphatic carbocycles. The predicted octanol–water partition coefficient (Wildman–Crippen LogP) is 7.37. The maximum Gasteiger partial charge on any atom is 0.144 e. The number of methoxy groups -OCH3 is 2. The Kier molecular flexibility index (Phi) is 22.1. The van der Waals surface area contributed by atoms with Crippen LogP contribution in [0.5, 0.6) is 46.0 Å². The van der Waals surface area contributed by atoms with Gasteiger partial charge in [0, 0.05) is 48.5 Å². The molecule has 0 heterocycles. The van der Waals surface area contributed by atoms with Gasteiger partial charge >= 0.3 is 0 Å². The molecular formula is C42H68N8O8. The largest absolute Gasteiger partial charge is 0.495 e. The van der Waals surface area contributed by atoms with E-state index >= 15 is 0 Å². The lowest BCUT2D eigenvalue weighted by atomic mass is 10.2. The van der Waals surface area contributed by atoms with E-state index in [2.05, 4.69) is 0 Å². The van der Waals surface area contributed by atoms with Gasteiger partial charge in [0.05, 0.1) is 98.4 Å². The molecule has 0 fully saturated rings. The lowest BCUT2D eigenvalue weighted by Crippen LogP contribution is -2.10. The first-order valence-electron chi connectivity index (χ1n) is 19.1. The number of hydrogen-bond donors (Lipinski definition) is 8. The molecule has 0 unspecified atom stereocenters. The van der Waals surface area contributed by atoms with Gasteiger partial charge in [-0.1, -0.05) is 13.8 Å². The zero-order chi connectivity index (χ0) is 43.9. The van der Waals surface area contributed by atoms with E-state index in [1.165, 1.54) is 14.2 Å². The highest BCUT2D eigenvalue weighted by Crippen LogP contribution is 2.36. The molecule has 0 aliphatic heterocycles. The third kappa shape index (κ3) is 16.8. The molecule has 0 aliphatic rings. The summed E-state index contributed by atoms with van der Waals surface area (Å²) in [6.45, 7) is 18.0. The van der Waals surface area contributed by atoms with Gasteiger partial charge in [-0.2, -0.15) is 0 Å². The standard InChI is InChI=1S/2C12H20N2O2.C10H16N2O2.C8H12N2O2/c1-7(2)15-11-5-10(14)12(6-9(11)13)16-8(3)4;1-3-5-15-11-7-10(14)12(8-9(11)13)16-6-4-2;1-3-13-9-5-8(12)10(14-4-2)6-7(9)11;1-11-7-3-6(10)8(12-2)4-5(7)9/h5-8H,13-14H2,1-4H3;7-8H,3-6,13-14H2,1-2H3;5-6H,3-4,11-12H2,1-2H3;3-4H,9-10H2,1-2H3.